The van der Waals surface area contributed by atoms with Crippen LogP contribution in [0.15, 0.2) is 36.4 Å². The molecule has 0 unspecified atom stereocenters. The summed E-state index contributed by atoms with van der Waals surface area (Å²) in [5.41, 5.74) is 8.03. The Kier molecular flexibility index (Phi) is 3.98. The molecule has 1 atom stereocenters. The van der Waals surface area contributed by atoms with Gasteiger partial charge in [-0.1, -0.05) is 45.0 Å². The highest BCUT2D eigenvalue weighted by molar-refractivity contribution is 6.17. The fraction of sp³-hybridized carbons (Fsp3) is 0.318. The maximum Gasteiger partial charge on any atom is 0.221 e. The molecule has 1 aliphatic carbocycles. The molecule has 139 valence electrons. The number of ketones is 1. The van der Waals surface area contributed by atoms with Crippen LogP contribution in [0.5, 0.6) is 5.75 Å². The number of hydrogen-bond acceptors (Lipinski definition) is 4. The lowest BCUT2D eigenvalue weighted by molar-refractivity contribution is -0.122. The number of ether oxygens (including phenoxy) is 1. The third-order valence-electron chi connectivity index (χ3n) is 5.34. The predicted octanol–water partition coefficient (Wildman–Crippen LogP) is 3.67. The monoisotopic (exact) mass is 363 g/mol. The van der Waals surface area contributed by atoms with Crippen LogP contribution in [0.4, 0.5) is 5.69 Å². The summed E-state index contributed by atoms with van der Waals surface area (Å²) >= 11 is 0. The third kappa shape index (κ3) is 2.37. The lowest BCUT2D eigenvalue weighted by atomic mass is 9.84. The molecule has 2 aromatic carbocycles. The lowest BCUT2D eigenvalue weighted by Gasteiger charge is -2.27. The minimum atomic E-state index is -1.32. The SMILES string of the molecule is CCCC(=O)N[C@]12[C](Oc3cc(C(C)C)ccc31)c1cccc(N)c1C2=O. The number of carbonyl (C=O) groups excluding carboxylic acids is 2. The van der Waals surface area contributed by atoms with Crippen LogP contribution in [0.2, 0.25) is 0 Å². The van der Waals surface area contributed by atoms with Crippen molar-refractivity contribution in [3.63, 3.8) is 0 Å². The molecule has 27 heavy (non-hydrogen) atoms. The van der Waals surface area contributed by atoms with Gasteiger partial charge in [0.15, 0.2) is 11.3 Å². The number of fused-ring (bicyclic) bond motifs is 5. The van der Waals surface area contributed by atoms with Gasteiger partial charge >= 0.3 is 0 Å². The molecule has 1 heterocycles. The summed E-state index contributed by atoms with van der Waals surface area (Å²) in [6, 6.07) is 11.2. The van der Waals surface area contributed by atoms with Crippen molar-refractivity contribution in [2.75, 3.05) is 5.73 Å². The van der Waals surface area contributed by atoms with Gasteiger partial charge in [0.25, 0.3) is 0 Å². The zero-order chi connectivity index (χ0) is 19.3. The van der Waals surface area contributed by atoms with Gasteiger partial charge in [-0.3, -0.25) is 9.59 Å². The Labute approximate surface area is 158 Å². The van der Waals surface area contributed by atoms with Crippen LogP contribution in [0, 0.1) is 6.10 Å². The van der Waals surface area contributed by atoms with Gasteiger partial charge in [0.05, 0.1) is 5.56 Å². The van der Waals surface area contributed by atoms with Crippen LogP contribution in [0.25, 0.3) is 0 Å². The van der Waals surface area contributed by atoms with Crippen molar-refractivity contribution in [1.29, 1.82) is 0 Å². The largest absolute Gasteiger partial charge is 0.474 e. The molecule has 0 fully saturated rings. The molecule has 1 aliphatic heterocycles. The number of amides is 1. The van der Waals surface area contributed by atoms with Crippen molar-refractivity contribution in [1.82, 2.24) is 5.32 Å². The predicted molar refractivity (Wildman–Crippen MR) is 103 cm³/mol. The van der Waals surface area contributed by atoms with Gasteiger partial charge in [0, 0.05) is 23.2 Å². The maximum atomic E-state index is 13.5. The van der Waals surface area contributed by atoms with Gasteiger partial charge in [-0.2, -0.15) is 0 Å². The van der Waals surface area contributed by atoms with E-state index in [1.54, 1.807) is 12.1 Å². The minimum absolute atomic E-state index is 0.181. The first-order valence-electron chi connectivity index (χ1n) is 9.34. The molecule has 1 radical (unpaired) electrons. The Balaban J connectivity index is 1.90. The number of benzene rings is 2. The summed E-state index contributed by atoms with van der Waals surface area (Å²) in [5.74, 6) is 0.535. The van der Waals surface area contributed by atoms with Crippen molar-refractivity contribution >= 4 is 17.4 Å². The molecule has 0 saturated carbocycles. The van der Waals surface area contributed by atoms with E-state index in [-0.39, 0.29) is 11.7 Å². The van der Waals surface area contributed by atoms with Crippen LogP contribution < -0.4 is 15.8 Å². The molecule has 0 saturated heterocycles. The van der Waals surface area contributed by atoms with Gasteiger partial charge in [-0.15, -0.1) is 0 Å². The number of rotatable bonds is 4. The first-order valence-corrected chi connectivity index (χ1v) is 9.34. The summed E-state index contributed by atoms with van der Waals surface area (Å²) in [4.78, 5) is 26.1. The molecule has 5 heteroatoms. The van der Waals surface area contributed by atoms with E-state index >= 15 is 0 Å². The smallest absolute Gasteiger partial charge is 0.221 e. The highest BCUT2D eigenvalue weighted by Crippen LogP contribution is 2.56. The van der Waals surface area contributed by atoms with Crippen molar-refractivity contribution in [2.45, 2.75) is 45.1 Å². The normalized spacial score (nSPS) is 20.2. The topological polar surface area (TPSA) is 81.4 Å². The Morgan fingerprint density at radius 3 is 2.74 bits per heavy atom. The summed E-state index contributed by atoms with van der Waals surface area (Å²) in [5, 5.41) is 2.98. The van der Waals surface area contributed by atoms with Crippen molar-refractivity contribution < 1.29 is 14.3 Å². The molecule has 0 aromatic heterocycles. The number of anilines is 1. The minimum Gasteiger partial charge on any atom is -0.474 e. The fourth-order valence-electron chi connectivity index (χ4n) is 3.96. The van der Waals surface area contributed by atoms with E-state index in [0.717, 1.165) is 5.56 Å². The zero-order valence-electron chi connectivity index (χ0n) is 15.8. The number of carbonyl (C=O) groups is 2. The molecule has 0 bridgehead atoms. The van der Waals surface area contributed by atoms with Crippen LogP contribution in [-0.2, 0) is 10.3 Å². The van der Waals surface area contributed by atoms with E-state index < -0.39 is 5.54 Å². The fourth-order valence-corrected chi connectivity index (χ4v) is 3.96. The number of nitrogens with two attached hydrogens (primary N) is 1. The average molecular weight is 363 g/mol. The second-order valence-electron chi connectivity index (χ2n) is 7.49. The summed E-state index contributed by atoms with van der Waals surface area (Å²) in [7, 11) is 0. The standard InChI is InChI=1S/C22H23N2O3/c1-4-6-18(25)24-22-15-10-9-13(12(2)3)11-17(15)27-21(22)14-7-5-8-16(23)19(14)20(22)26/h5,7-12H,4,6,23H2,1-3H3,(H,24,25)/t22-/m1/s1. The van der Waals surface area contributed by atoms with Gasteiger partial charge in [-0.25, -0.2) is 0 Å². The Morgan fingerprint density at radius 1 is 1.26 bits per heavy atom. The van der Waals surface area contributed by atoms with Gasteiger partial charge in [0.2, 0.25) is 12.0 Å². The molecule has 2 aromatic rings. The number of nitrogens with one attached hydrogen (secondary N) is 1. The van der Waals surface area contributed by atoms with E-state index in [9.17, 15) is 9.59 Å². The maximum absolute atomic E-state index is 13.5. The highest BCUT2D eigenvalue weighted by atomic mass is 16.5. The zero-order valence-corrected chi connectivity index (χ0v) is 15.8. The molecule has 0 spiro atoms. The summed E-state index contributed by atoms with van der Waals surface area (Å²) in [6.45, 7) is 6.13. The van der Waals surface area contributed by atoms with Gasteiger partial charge in [-0.05, 0) is 30.0 Å². The molecule has 2 aliphatic rings. The second-order valence-corrected chi connectivity index (χ2v) is 7.49. The van der Waals surface area contributed by atoms with E-state index in [0.29, 0.717) is 53.0 Å². The summed E-state index contributed by atoms with van der Waals surface area (Å²) in [6.07, 6.45) is 1.49. The Hall–Kier alpha value is -2.82. The quantitative estimate of drug-likeness (QED) is 0.812. The number of Topliss-reactive ketones (excluding diaryl/α,β-unsaturated/α-hetero) is 1. The van der Waals surface area contributed by atoms with E-state index in [4.69, 9.17) is 10.5 Å². The van der Waals surface area contributed by atoms with Crippen molar-refractivity contribution in [3.8, 4) is 5.75 Å². The van der Waals surface area contributed by atoms with E-state index in [1.165, 1.54) is 0 Å². The third-order valence-corrected chi connectivity index (χ3v) is 5.34. The number of nitrogen functional groups attached to an aromatic ring is 1. The second kappa shape index (κ2) is 6.12. The van der Waals surface area contributed by atoms with E-state index in [1.807, 2.05) is 31.2 Å². The summed E-state index contributed by atoms with van der Waals surface area (Å²) < 4.78 is 6.18. The van der Waals surface area contributed by atoms with Crippen LogP contribution in [0.3, 0.4) is 0 Å². The molecule has 1 amide bonds. The molecule has 5 nitrogen and oxygen atoms in total. The number of hydrogen-bond donors (Lipinski definition) is 2. The Bertz CT molecular complexity index is 951. The average Bonchev–Trinajstić information content (AvgIpc) is 3.06. The molecular weight excluding hydrogens is 340 g/mol. The first kappa shape index (κ1) is 17.6. The van der Waals surface area contributed by atoms with Crippen LogP contribution >= 0.6 is 0 Å². The van der Waals surface area contributed by atoms with Crippen LogP contribution in [-0.4, -0.2) is 11.7 Å². The Morgan fingerprint density at radius 2 is 2.04 bits per heavy atom. The van der Waals surface area contributed by atoms with Gasteiger partial charge < -0.3 is 15.8 Å². The molecule has 4 rings (SSSR count). The highest BCUT2D eigenvalue weighted by Gasteiger charge is 2.63. The van der Waals surface area contributed by atoms with Gasteiger partial charge in [0.1, 0.15) is 5.75 Å². The van der Waals surface area contributed by atoms with Crippen LogP contribution in [0.1, 0.15) is 66.6 Å². The first-order chi connectivity index (χ1) is 12.9. The van der Waals surface area contributed by atoms with E-state index in [2.05, 4.69) is 19.2 Å². The lowest BCUT2D eigenvalue weighted by Crippen LogP contribution is -2.51. The van der Waals surface area contributed by atoms with Crippen molar-refractivity contribution in [3.05, 3.63) is 64.8 Å². The molecular formula is C22H23N2O3. The molecule has 3 N–H and O–H groups in total. The van der Waals surface area contributed by atoms with Crippen molar-refractivity contribution in [2.24, 2.45) is 0 Å².